The third kappa shape index (κ3) is 2.53. The molecular weight excluding hydrogens is 232 g/mol. The van der Waals surface area contributed by atoms with Crippen molar-refractivity contribution in [1.82, 2.24) is 0 Å². The number of fused-ring (bicyclic) bond motifs is 1. The third-order valence-electron chi connectivity index (χ3n) is 3.11. The Hall–Kier alpha value is -1.84. The molecule has 1 heterocycles. The second-order valence-electron chi connectivity index (χ2n) is 4.45. The van der Waals surface area contributed by atoms with Gasteiger partial charge in [-0.1, -0.05) is 32.0 Å². The minimum absolute atomic E-state index is 0.0825. The highest BCUT2D eigenvalue weighted by atomic mass is 16.6. The van der Waals surface area contributed by atoms with E-state index in [1.807, 2.05) is 26.0 Å². The maximum absolute atomic E-state index is 11.8. The summed E-state index contributed by atoms with van der Waals surface area (Å²) < 4.78 is 10.5. The summed E-state index contributed by atoms with van der Waals surface area (Å²) in [6, 6.07) is 7.14. The Kier molecular flexibility index (Phi) is 3.65. The summed E-state index contributed by atoms with van der Waals surface area (Å²) in [4.78, 5) is 23.2. The van der Waals surface area contributed by atoms with Crippen LogP contribution in [0.2, 0.25) is 0 Å². The number of carbonyl (C=O) groups excluding carboxylic acids is 2. The van der Waals surface area contributed by atoms with Crippen LogP contribution in [0, 0.1) is 5.92 Å². The minimum atomic E-state index is -0.524. The topological polar surface area (TPSA) is 52.6 Å². The van der Waals surface area contributed by atoms with Crippen molar-refractivity contribution in [3.8, 4) is 5.75 Å². The van der Waals surface area contributed by atoms with Crippen molar-refractivity contribution in [3.63, 3.8) is 0 Å². The minimum Gasteiger partial charge on any atom is -0.457 e. The van der Waals surface area contributed by atoms with Crippen molar-refractivity contribution in [1.29, 1.82) is 0 Å². The van der Waals surface area contributed by atoms with Crippen molar-refractivity contribution in [2.75, 3.05) is 0 Å². The number of carbonyl (C=O) groups is 2. The summed E-state index contributed by atoms with van der Waals surface area (Å²) in [6.45, 7) is 3.74. The maximum Gasteiger partial charge on any atom is 0.315 e. The first-order chi connectivity index (χ1) is 8.61. The first-order valence-electron chi connectivity index (χ1n) is 6.12. The normalized spacial score (nSPS) is 19.7. The van der Waals surface area contributed by atoms with E-state index < -0.39 is 6.10 Å². The highest BCUT2D eigenvalue weighted by molar-refractivity contribution is 5.78. The molecule has 0 saturated heterocycles. The Morgan fingerprint density at radius 2 is 2.22 bits per heavy atom. The molecule has 1 aromatic carbocycles. The van der Waals surface area contributed by atoms with Crippen LogP contribution in [0.15, 0.2) is 24.3 Å². The average molecular weight is 248 g/mol. The summed E-state index contributed by atoms with van der Waals surface area (Å²) >= 11 is 0. The molecule has 1 aliphatic rings. The first-order valence-corrected chi connectivity index (χ1v) is 6.12. The number of hydrogen-bond acceptors (Lipinski definition) is 4. The van der Waals surface area contributed by atoms with Gasteiger partial charge in [-0.25, -0.2) is 0 Å². The molecule has 2 atom stereocenters. The summed E-state index contributed by atoms with van der Waals surface area (Å²) in [5.41, 5.74) is 0.758. The lowest BCUT2D eigenvalue weighted by molar-refractivity contribution is -0.158. The Balaban J connectivity index is 2.19. The molecule has 1 aromatic rings. The second kappa shape index (κ2) is 5.21. The van der Waals surface area contributed by atoms with Gasteiger partial charge in [0, 0.05) is 5.56 Å². The van der Waals surface area contributed by atoms with Gasteiger partial charge in [0.1, 0.15) is 11.9 Å². The number of rotatable bonds is 3. The highest BCUT2D eigenvalue weighted by Crippen LogP contribution is 2.35. The van der Waals surface area contributed by atoms with Gasteiger partial charge < -0.3 is 9.47 Å². The lowest BCUT2D eigenvalue weighted by Crippen LogP contribution is -2.25. The lowest BCUT2D eigenvalue weighted by Gasteiger charge is -2.25. The van der Waals surface area contributed by atoms with Crippen molar-refractivity contribution in [3.05, 3.63) is 29.8 Å². The Morgan fingerprint density at radius 3 is 2.94 bits per heavy atom. The van der Waals surface area contributed by atoms with Gasteiger partial charge in [-0.15, -0.1) is 0 Å². The smallest absolute Gasteiger partial charge is 0.315 e. The van der Waals surface area contributed by atoms with E-state index in [9.17, 15) is 9.59 Å². The van der Waals surface area contributed by atoms with Crippen LogP contribution in [0.3, 0.4) is 0 Å². The van der Waals surface area contributed by atoms with Gasteiger partial charge in [0.15, 0.2) is 0 Å². The van der Waals surface area contributed by atoms with Gasteiger partial charge in [0.2, 0.25) is 0 Å². The van der Waals surface area contributed by atoms with Crippen LogP contribution in [-0.2, 0) is 14.3 Å². The Morgan fingerprint density at radius 1 is 1.50 bits per heavy atom. The molecule has 4 heteroatoms. The molecule has 0 saturated carbocycles. The van der Waals surface area contributed by atoms with Gasteiger partial charge in [-0.2, -0.15) is 0 Å². The van der Waals surface area contributed by atoms with Crippen LogP contribution in [0.4, 0.5) is 0 Å². The maximum atomic E-state index is 11.8. The molecular formula is C14H16O4. The molecule has 0 spiro atoms. The monoisotopic (exact) mass is 248 g/mol. The zero-order chi connectivity index (χ0) is 13.1. The third-order valence-corrected chi connectivity index (χ3v) is 3.11. The van der Waals surface area contributed by atoms with Gasteiger partial charge in [-0.3, -0.25) is 9.59 Å². The van der Waals surface area contributed by atoms with E-state index in [2.05, 4.69) is 0 Å². The molecule has 18 heavy (non-hydrogen) atoms. The number of ether oxygens (including phenoxy) is 2. The van der Waals surface area contributed by atoms with Crippen molar-refractivity contribution in [2.24, 2.45) is 5.92 Å². The number of esters is 2. The molecule has 2 unspecified atom stereocenters. The first kappa shape index (κ1) is 12.6. The predicted molar refractivity (Wildman–Crippen MR) is 65.0 cm³/mol. The summed E-state index contributed by atoms with van der Waals surface area (Å²) in [6.07, 6.45) is 0.278. The van der Waals surface area contributed by atoms with Gasteiger partial charge >= 0.3 is 11.9 Å². The SMILES string of the molecule is CCC(C)C(=O)OC1CC(=O)Oc2ccccc21. The van der Waals surface area contributed by atoms with E-state index in [-0.39, 0.29) is 24.3 Å². The van der Waals surface area contributed by atoms with Crippen LogP contribution < -0.4 is 4.74 Å². The quantitative estimate of drug-likeness (QED) is 0.609. The van der Waals surface area contributed by atoms with Crippen LogP contribution in [0.5, 0.6) is 5.75 Å². The molecule has 4 nitrogen and oxygen atoms in total. The van der Waals surface area contributed by atoms with Crippen molar-refractivity contribution >= 4 is 11.9 Å². The van der Waals surface area contributed by atoms with E-state index in [4.69, 9.17) is 9.47 Å². The Bertz CT molecular complexity index is 467. The van der Waals surface area contributed by atoms with Crippen LogP contribution in [0.1, 0.15) is 38.4 Å². The fourth-order valence-corrected chi connectivity index (χ4v) is 1.79. The zero-order valence-corrected chi connectivity index (χ0v) is 10.5. The Labute approximate surface area is 106 Å². The van der Waals surface area contributed by atoms with Crippen LogP contribution in [0.25, 0.3) is 0 Å². The van der Waals surface area contributed by atoms with Gasteiger partial charge in [0.25, 0.3) is 0 Å². The van der Waals surface area contributed by atoms with Crippen LogP contribution in [-0.4, -0.2) is 11.9 Å². The molecule has 0 radical (unpaired) electrons. The molecule has 0 fully saturated rings. The van der Waals surface area contributed by atoms with Crippen LogP contribution >= 0.6 is 0 Å². The van der Waals surface area contributed by atoms with E-state index >= 15 is 0 Å². The zero-order valence-electron chi connectivity index (χ0n) is 10.5. The summed E-state index contributed by atoms with van der Waals surface area (Å²) in [5.74, 6) is -0.312. The lowest BCUT2D eigenvalue weighted by atomic mass is 10.0. The molecule has 0 N–H and O–H groups in total. The number of hydrogen-bond donors (Lipinski definition) is 0. The second-order valence-corrected chi connectivity index (χ2v) is 4.45. The molecule has 2 rings (SSSR count). The fourth-order valence-electron chi connectivity index (χ4n) is 1.79. The van der Waals surface area contributed by atoms with E-state index in [0.717, 1.165) is 12.0 Å². The standard InChI is InChI=1S/C14H16O4/c1-3-9(2)14(16)18-12-8-13(15)17-11-7-5-4-6-10(11)12/h4-7,9,12H,3,8H2,1-2H3. The number of para-hydroxylation sites is 1. The van der Waals surface area contributed by atoms with E-state index in [1.165, 1.54) is 0 Å². The molecule has 96 valence electrons. The molecule has 0 bridgehead atoms. The van der Waals surface area contributed by atoms with Crippen molar-refractivity contribution < 1.29 is 19.1 Å². The fraction of sp³-hybridized carbons (Fsp3) is 0.429. The molecule has 0 aromatic heterocycles. The highest BCUT2D eigenvalue weighted by Gasteiger charge is 2.30. The van der Waals surface area contributed by atoms with Gasteiger partial charge in [-0.05, 0) is 12.5 Å². The van der Waals surface area contributed by atoms with E-state index in [1.54, 1.807) is 12.1 Å². The molecule has 0 aliphatic carbocycles. The number of benzene rings is 1. The predicted octanol–water partition coefficient (Wildman–Crippen LogP) is 2.63. The van der Waals surface area contributed by atoms with Gasteiger partial charge in [0.05, 0.1) is 12.3 Å². The largest absolute Gasteiger partial charge is 0.457 e. The summed E-state index contributed by atoms with van der Waals surface area (Å²) in [5, 5.41) is 0. The van der Waals surface area contributed by atoms with E-state index in [0.29, 0.717) is 5.75 Å². The molecule has 1 aliphatic heterocycles. The molecule has 0 amide bonds. The summed E-state index contributed by atoms with van der Waals surface area (Å²) in [7, 11) is 0. The van der Waals surface area contributed by atoms with Crippen molar-refractivity contribution in [2.45, 2.75) is 32.8 Å². The average Bonchev–Trinajstić information content (AvgIpc) is 2.37.